The number of nitrogens with two attached hydrogens (primary N) is 1. The zero-order valence-corrected chi connectivity index (χ0v) is 14.4. The molecule has 3 N–H and O–H groups in total. The molecule has 0 aromatic carbocycles. The maximum Gasteiger partial charge on any atom is 0.219 e. The van der Waals surface area contributed by atoms with E-state index in [0.29, 0.717) is 0 Å². The zero-order chi connectivity index (χ0) is 17.4. The summed E-state index contributed by atoms with van der Waals surface area (Å²) in [6, 6.07) is 6.31. The summed E-state index contributed by atoms with van der Waals surface area (Å²) in [5, 5.41) is 7.64. The Morgan fingerprint density at radius 2 is 1.84 bits per heavy atom. The van der Waals surface area contributed by atoms with Crippen LogP contribution in [0.4, 0.5) is 11.8 Å². The molecule has 0 aliphatic heterocycles. The van der Waals surface area contributed by atoms with E-state index in [1.165, 1.54) is 12.0 Å². The topological polar surface area (TPSA) is 96.6 Å². The summed E-state index contributed by atoms with van der Waals surface area (Å²) in [6.07, 6.45) is 8.77. The van der Waals surface area contributed by atoms with Crippen LogP contribution >= 0.6 is 0 Å². The van der Waals surface area contributed by atoms with Gasteiger partial charge in [-0.2, -0.15) is 5.10 Å². The number of hydrogen-bond donors (Lipinski definition) is 2. The molecule has 1 saturated carbocycles. The van der Waals surface area contributed by atoms with Crippen molar-refractivity contribution in [3.63, 3.8) is 0 Å². The largest absolute Gasteiger partial charge is 0.368 e. The molecule has 0 unspecified atom stereocenters. The molecule has 0 amide bonds. The maximum absolute atomic E-state index is 5.54. The monoisotopic (exact) mass is 335 g/mol. The van der Waals surface area contributed by atoms with E-state index in [4.69, 9.17) is 5.73 Å². The highest BCUT2D eigenvalue weighted by molar-refractivity contribution is 5.58. The summed E-state index contributed by atoms with van der Waals surface area (Å²) < 4.78 is 0. The number of nitrogens with zero attached hydrogens (tertiary/aromatic N) is 5. The molecule has 7 nitrogen and oxygen atoms in total. The molecule has 0 radical (unpaired) electrons. The van der Waals surface area contributed by atoms with Gasteiger partial charge in [0.15, 0.2) is 0 Å². The van der Waals surface area contributed by atoms with Crippen molar-refractivity contribution < 1.29 is 0 Å². The number of hydrogen-bond acceptors (Lipinski definition) is 6. The van der Waals surface area contributed by atoms with Gasteiger partial charge in [-0.25, -0.2) is 9.97 Å². The minimum atomic E-state index is -0.00952. The van der Waals surface area contributed by atoms with E-state index >= 15 is 0 Å². The van der Waals surface area contributed by atoms with E-state index < -0.39 is 0 Å². The molecule has 1 fully saturated rings. The van der Waals surface area contributed by atoms with Gasteiger partial charge in [0.05, 0.1) is 5.69 Å². The van der Waals surface area contributed by atoms with E-state index in [9.17, 15) is 0 Å². The molecular formula is C18H21N7. The molecule has 128 valence electrons. The molecule has 0 spiro atoms. The summed E-state index contributed by atoms with van der Waals surface area (Å²) in [6.45, 7) is 0. The first-order chi connectivity index (χ1) is 12.1. The number of rotatable bonds is 4. The van der Waals surface area contributed by atoms with Gasteiger partial charge in [0.25, 0.3) is 0 Å². The maximum atomic E-state index is 5.54. The Balaban J connectivity index is 1.66. The number of aromatic nitrogens is 5. The van der Waals surface area contributed by atoms with Crippen molar-refractivity contribution in [3.05, 3.63) is 48.0 Å². The molecule has 0 bridgehead atoms. The second-order valence-corrected chi connectivity index (χ2v) is 6.73. The van der Waals surface area contributed by atoms with Gasteiger partial charge in [0.2, 0.25) is 5.95 Å². The van der Waals surface area contributed by atoms with Crippen molar-refractivity contribution in [1.29, 1.82) is 0 Å². The van der Waals surface area contributed by atoms with Gasteiger partial charge in [0, 0.05) is 55.4 Å². The minimum absolute atomic E-state index is 0.00952. The van der Waals surface area contributed by atoms with Crippen molar-refractivity contribution in [3.8, 4) is 11.3 Å². The third kappa shape index (κ3) is 2.61. The number of H-pyrrole nitrogens is 1. The molecule has 0 saturated heterocycles. The van der Waals surface area contributed by atoms with Crippen molar-refractivity contribution in [2.75, 3.05) is 24.7 Å². The molecule has 3 aromatic rings. The Hall–Kier alpha value is -2.96. The quantitative estimate of drug-likeness (QED) is 0.760. The molecule has 1 aliphatic carbocycles. The van der Waals surface area contributed by atoms with Crippen molar-refractivity contribution >= 4 is 11.8 Å². The van der Waals surface area contributed by atoms with Crippen LogP contribution < -0.4 is 10.6 Å². The van der Waals surface area contributed by atoms with Crippen LogP contribution in [0.15, 0.2) is 36.8 Å². The van der Waals surface area contributed by atoms with Gasteiger partial charge < -0.3 is 10.6 Å². The number of pyridine rings is 1. The summed E-state index contributed by atoms with van der Waals surface area (Å²) in [4.78, 5) is 14.7. The molecular weight excluding hydrogens is 314 g/mol. The normalized spacial score (nSPS) is 15.6. The molecule has 7 heteroatoms. The van der Waals surface area contributed by atoms with Crippen LogP contribution in [0, 0.1) is 0 Å². The van der Waals surface area contributed by atoms with Gasteiger partial charge in [-0.05, 0) is 24.5 Å². The third-order valence-corrected chi connectivity index (χ3v) is 5.03. The van der Waals surface area contributed by atoms with Gasteiger partial charge >= 0.3 is 0 Å². The summed E-state index contributed by atoms with van der Waals surface area (Å²) in [5.41, 5.74) is 9.62. The Morgan fingerprint density at radius 3 is 2.36 bits per heavy atom. The van der Waals surface area contributed by atoms with Crippen LogP contribution in [0.25, 0.3) is 11.3 Å². The fourth-order valence-corrected chi connectivity index (χ4v) is 3.35. The lowest BCUT2D eigenvalue weighted by molar-refractivity contribution is 0.292. The van der Waals surface area contributed by atoms with Gasteiger partial charge in [-0.15, -0.1) is 0 Å². The third-order valence-electron chi connectivity index (χ3n) is 5.03. The molecule has 3 aromatic heterocycles. The lowest BCUT2D eigenvalue weighted by atomic mass is 9.63. The van der Waals surface area contributed by atoms with E-state index in [0.717, 1.165) is 35.6 Å². The summed E-state index contributed by atoms with van der Waals surface area (Å²) >= 11 is 0. The fraction of sp³-hybridized carbons (Fsp3) is 0.333. The average Bonchev–Trinajstić information content (AvgIpc) is 3.06. The summed E-state index contributed by atoms with van der Waals surface area (Å²) in [5.74, 6) is 1.22. The van der Waals surface area contributed by atoms with Gasteiger partial charge in [0.1, 0.15) is 5.82 Å². The van der Waals surface area contributed by atoms with Crippen LogP contribution in [0.5, 0.6) is 0 Å². The first-order valence-corrected chi connectivity index (χ1v) is 8.36. The van der Waals surface area contributed by atoms with Crippen LogP contribution in [-0.4, -0.2) is 39.2 Å². The molecule has 1 aliphatic rings. The molecule has 0 atom stereocenters. The highest BCUT2D eigenvalue weighted by Crippen LogP contribution is 2.48. The second kappa shape index (κ2) is 5.84. The van der Waals surface area contributed by atoms with Crippen LogP contribution in [0.3, 0.4) is 0 Å². The van der Waals surface area contributed by atoms with E-state index in [1.54, 1.807) is 12.4 Å². The van der Waals surface area contributed by atoms with Gasteiger partial charge in [-0.1, -0.05) is 12.5 Å². The highest BCUT2D eigenvalue weighted by atomic mass is 15.2. The second-order valence-electron chi connectivity index (χ2n) is 6.73. The molecule has 25 heavy (non-hydrogen) atoms. The van der Waals surface area contributed by atoms with Crippen molar-refractivity contribution in [1.82, 2.24) is 25.1 Å². The number of nitrogens with one attached hydrogen (secondary N) is 1. The smallest absolute Gasteiger partial charge is 0.219 e. The first-order valence-electron chi connectivity index (χ1n) is 8.36. The molecule has 3 heterocycles. The van der Waals surface area contributed by atoms with Crippen molar-refractivity contribution in [2.24, 2.45) is 0 Å². The standard InChI is InChI=1S/C18H21N7/c1-25(2)16-8-15(23-24-16)18(6-3-7-18)13-4-5-14(20-11-13)12-9-21-17(19)22-10-12/h4-5,8-11H,3,6-7H2,1-2H3,(H,23,24)(H2,19,21,22). The van der Waals surface area contributed by atoms with E-state index in [2.05, 4.69) is 37.3 Å². The van der Waals surface area contributed by atoms with E-state index in [-0.39, 0.29) is 11.4 Å². The minimum Gasteiger partial charge on any atom is -0.368 e. The Kier molecular flexibility index (Phi) is 3.63. The van der Waals surface area contributed by atoms with Crippen LogP contribution in [-0.2, 0) is 5.41 Å². The fourth-order valence-electron chi connectivity index (χ4n) is 3.35. The SMILES string of the molecule is CN(C)c1cc(C2(c3ccc(-c4cnc(N)nc4)nc3)CCC2)[nH]n1. The zero-order valence-electron chi connectivity index (χ0n) is 14.4. The molecule has 4 rings (SSSR count). The number of anilines is 2. The summed E-state index contributed by atoms with van der Waals surface area (Å²) in [7, 11) is 4.00. The Morgan fingerprint density at radius 1 is 1.08 bits per heavy atom. The lowest BCUT2D eigenvalue weighted by Gasteiger charge is -2.41. The van der Waals surface area contributed by atoms with E-state index in [1.807, 2.05) is 31.3 Å². The highest BCUT2D eigenvalue weighted by Gasteiger charge is 2.42. The number of nitrogen functional groups attached to an aromatic ring is 1. The predicted molar refractivity (Wildman–Crippen MR) is 97.2 cm³/mol. The Labute approximate surface area is 146 Å². The number of aromatic amines is 1. The Bertz CT molecular complexity index is 861. The van der Waals surface area contributed by atoms with Gasteiger partial charge in [-0.3, -0.25) is 10.1 Å². The van der Waals surface area contributed by atoms with Crippen LogP contribution in [0.2, 0.25) is 0 Å². The average molecular weight is 335 g/mol. The van der Waals surface area contributed by atoms with Crippen molar-refractivity contribution in [2.45, 2.75) is 24.7 Å². The predicted octanol–water partition coefficient (Wildman–Crippen LogP) is 2.38. The lowest BCUT2D eigenvalue weighted by Crippen LogP contribution is -2.36. The first kappa shape index (κ1) is 15.6. The van der Waals surface area contributed by atoms with Crippen LogP contribution in [0.1, 0.15) is 30.5 Å².